The summed E-state index contributed by atoms with van der Waals surface area (Å²) in [6.07, 6.45) is 3.10. The number of hydrogen-bond acceptors (Lipinski definition) is 3. The maximum atomic E-state index is 12.8. The summed E-state index contributed by atoms with van der Waals surface area (Å²) < 4.78 is 27.1. The molecule has 0 atom stereocenters. The molecule has 0 aliphatic rings. The van der Waals surface area contributed by atoms with Gasteiger partial charge in [-0.15, -0.1) is 0 Å². The van der Waals surface area contributed by atoms with Crippen molar-refractivity contribution in [1.82, 2.24) is 9.55 Å². The van der Waals surface area contributed by atoms with E-state index >= 15 is 0 Å². The Morgan fingerprint density at radius 2 is 1.91 bits per heavy atom. The van der Waals surface area contributed by atoms with Crippen molar-refractivity contribution < 1.29 is 8.42 Å². The van der Waals surface area contributed by atoms with Crippen LogP contribution in [-0.4, -0.2) is 18.0 Å². The lowest BCUT2D eigenvalue weighted by Gasteiger charge is -2.10. The highest BCUT2D eigenvalue weighted by Crippen LogP contribution is 2.22. The second-order valence-electron chi connectivity index (χ2n) is 5.25. The van der Waals surface area contributed by atoms with E-state index < -0.39 is 9.84 Å². The third-order valence-electron chi connectivity index (χ3n) is 3.58. The van der Waals surface area contributed by atoms with Crippen molar-refractivity contribution in [3.63, 3.8) is 0 Å². The summed E-state index contributed by atoms with van der Waals surface area (Å²) in [5.74, 6) is -0.0861. The number of benzene rings is 2. The smallest absolute Gasteiger partial charge is 0.232 e. The molecule has 0 aliphatic heterocycles. The number of imidazole rings is 1. The fourth-order valence-electron chi connectivity index (χ4n) is 2.38. The number of halogens is 1. The number of aryl methyl sites for hydroxylation is 1. The summed E-state index contributed by atoms with van der Waals surface area (Å²) in [5, 5.41) is 0.557. The molecule has 1 heterocycles. The standard InChI is InChI=1S/C17H15ClN2O2S/c1-13-5-2-3-6-14(13)12-23(21,22)17-19-9-10-20(17)16-8-4-7-15(18)11-16/h2-11H,12H2,1H3. The minimum atomic E-state index is -3.58. The Hall–Kier alpha value is -2.11. The van der Waals surface area contributed by atoms with Crippen molar-refractivity contribution >= 4 is 21.4 Å². The predicted octanol–water partition coefficient (Wildman–Crippen LogP) is 3.81. The monoisotopic (exact) mass is 346 g/mol. The second kappa shape index (κ2) is 6.18. The number of sulfone groups is 1. The summed E-state index contributed by atoms with van der Waals surface area (Å²) in [5.41, 5.74) is 2.38. The molecule has 0 amide bonds. The molecule has 4 nitrogen and oxygen atoms in total. The molecule has 2 aromatic carbocycles. The molecular formula is C17H15ClN2O2S. The Labute approximate surface area is 140 Å². The van der Waals surface area contributed by atoms with Gasteiger partial charge in [-0.3, -0.25) is 4.57 Å². The molecule has 3 rings (SSSR count). The van der Waals surface area contributed by atoms with Gasteiger partial charge < -0.3 is 0 Å². The Kier molecular flexibility index (Phi) is 4.24. The van der Waals surface area contributed by atoms with Gasteiger partial charge in [0.25, 0.3) is 0 Å². The maximum Gasteiger partial charge on any atom is 0.232 e. The molecule has 0 saturated heterocycles. The first-order valence-electron chi connectivity index (χ1n) is 7.04. The first-order chi connectivity index (χ1) is 11.0. The second-order valence-corrected chi connectivity index (χ2v) is 7.57. The molecule has 0 fully saturated rings. The molecule has 0 radical (unpaired) electrons. The molecule has 0 bridgehead atoms. The zero-order valence-corrected chi connectivity index (χ0v) is 14.1. The molecule has 0 saturated carbocycles. The van der Waals surface area contributed by atoms with Crippen LogP contribution in [0.15, 0.2) is 66.1 Å². The van der Waals surface area contributed by atoms with Gasteiger partial charge >= 0.3 is 0 Å². The zero-order chi connectivity index (χ0) is 16.4. The predicted molar refractivity (Wildman–Crippen MR) is 90.6 cm³/mol. The summed E-state index contributed by atoms with van der Waals surface area (Å²) >= 11 is 6.00. The molecular weight excluding hydrogens is 332 g/mol. The van der Waals surface area contributed by atoms with Crippen LogP contribution < -0.4 is 0 Å². The number of rotatable bonds is 4. The van der Waals surface area contributed by atoms with Crippen LogP contribution in [0.25, 0.3) is 5.69 Å². The van der Waals surface area contributed by atoms with Crippen molar-refractivity contribution in [2.45, 2.75) is 17.8 Å². The fraction of sp³-hybridized carbons (Fsp3) is 0.118. The van der Waals surface area contributed by atoms with E-state index in [0.717, 1.165) is 11.1 Å². The number of aromatic nitrogens is 2. The van der Waals surface area contributed by atoms with Gasteiger partial charge in [-0.1, -0.05) is 41.9 Å². The van der Waals surface area contributed by atoms with Crippen molar-refractivity contribution in [1.29, 1.82) is 0 Å². The molecule has 118 valence electrons. The third-order valence-corrected chi connectivity index (χ3v) is 5.36. The van der Waals surface area contributed by atoms with Crippen LogP contribution in [0.3, 0.4) is 0 Å². The lowest BCUT2D eigenvalue weighted by molar-refractivity contribution is 0.583. The molecule has 1 aromatic heterocycles. The molecule has 6 heteroatoms. The van der Waals surface area contributed by atoms with Gasteiger partial charge in [0.2, 0.25) is 15.0 Å². The van der Waals surface area contributed by atoms with E-state index in [-0.39, 0.29) is 10.9 Å². The van der Waals surface area contributed by atoms with Gasteiger partial charge in [0.1, 0.15) is 0 Å². The minimum absolute atomic E-state index is 0.0167. The normalized spacial score (nSPS) is 11.6. The van der Waals surface area contributed by atoms with Gasteiger partial charge in [-0.25, -0.2) is 13.4 Å². The van der Waals surface area contributed by atoms with E-state index in [1.165, 1.54) is 6.20 Å². The zero-order valence-electron chi connectivity index (χ0n) is 12.5. The third kappa shape index (κ3) is 3.30. The minimum Gasteiger partial charge on any atom is -0.291 e. The largest absolute Gasteiger partial charge is 0.291 e. The van der Waals surface area contributed by atoms with Crippen molar-refractivity contribution in [2.75, 3.05) is 0 Å². The molecule has 0 N–H and O–H groups in total. The fourth-order valence-corrected chi connectivity index (χ4v) is 4.12. The lowest BCUT2D eigenvalue weighted by Crippen LogP contribution is -2.12. The first-order valence-corrected chi connectivity index (χ1v) is 9.07. The van der Waals surface area contributed by atoms with E-state index in [2.05, 4.69) is 4.98 Å². The number of hydrogen-bond donors (Lipinski definition) is 0. The van der Waals surface area contributed by atoms with Crippen LogP contribution in [0.5, 0.6) is 0 Å². The summed E-state index contributed by atoms with van der Waals surface area (Å²) in [4.78, 5) is 4.05. The highest BCUT2D eigenvalue weighted by Gasteiger charge is 2.22. The first kappa shape index (κ1) is 15.8. The van der Waals surface area contributed by atoms with Crippen molar-refractivity contribution in [3.8, 4) is 5.69 Å². The van der Waals surface area contributed by atoms with Crippen molar-refractivity contribution in [2.24, 2.45) is 0 Å². The topological polar surface area (TPSA) is 52.0 Å². The van der Waals surface area contributed by atoms with E-state index in [1.54, 1.807) is 35.0 Å². The Morgan fingerprint density at radius 1 is 1.13 bits per heavy atom. The molecule has 0 spiro atoms. The molecule has 0 unspecified atom stereocenters. The Bertz CT molecular complexity index is 948. The molecule has 3 aromatic rings. The highest BCUT2D eigenvalue weighted by molar-refractivity contribution is 7.90. The van der Waals surface area contributed by atoms with E-state index in [1.807, 2.05) is 31.2 Å². The van der Waals surface area contributed by atoms with Gasteiger partial charge in [0.15, 0.2) is 0 Å². The Balaban J connectivity index is 2.02. The van der Waals surface area contributed by atoms with Crippen LogP contribution in [0.4, 0.5) is 0 Å². The van der Waals surface area contributed by atoms with E-state index in [9.17, 15) is 8.42 Å². The van der Waals surface area contributed by atoms with Crippen LogP contribution in [0.1, 0.15) is 11.1 Å². The lowest BCUT2D eigenvalue weighted by atomic mass is 10.1. The van der Waals surface area contributed by atoms with Crippen LogP contribution in [-0.2, 0) is 15.6 Å². The SMILES string of the molecule is Cc1ccccc1CS(=O)(=O)c1nccn1-c1cccc(Cl)c1. The Morgan fingerprint density at radius 3 is 2.65 bits per heavy atom. The van der Waals surface area contributed by atoms with E-state index in [4.69, 9.17) is 11.6 Å². The van der Waals surface area contributed by atoms with Gasteiger partial charge in [-0.2, -0.15) is 0 Å². The highest BCUT2D eigenvalue weighted by atomic mass is 35.5. The number of nitrogens with zero attached hydrogens (tertiary/aromatic N) is 2. The van der Waals surface area contributed by atoms with Gasteiger partial charge in [0, 0.05) is 23.1 Å². The summed E-state index contributed by atoms with van der Waals surface area (Å²) in [6.45, 7) is 1.90. The maximum absolute atomic E-state index is 12.8. The van der Waals surface area contributed by atoms with Gasteiger partial charge in [-0.05, 0) is 36.2 Å². The summed E-state index contributed by atoms with van der Waals surface area (Å²) in [7, 11) is -3.58. The van der Waals surface area contributed by atoms with E-state index in [0.29, 0.717) is 10.7 Å². The van der Waals surface area contributed by atoms with Crippen molar-refractivity contribution in [3.05, 3.63) is 77.1 Å². The van der Waals surface area contributed by atoms with Crippen LogP contribution in [0.2, 0.25) is 5.02 Å². The molecule has 0 aliphatic carbocycles. The van der Waals surface area contributed by atoms with Gasteiger partial charge in [0.05, 0.1) is 5.75 Å². The van der Waals surface area contributed by atoms with Crippen LogP contribution >= 0.6 is 11.6 Å². The summed E-state index contributed by atoms with van der Waals surface area (Å²) in [6, 6.07) is 14.4. The van der Waals surface area contributed by atoms with Crippen LogP contribution in [0, 0.1) is 6.92 Å². The average molecular weight is 347 g/mol. The quantitative estimate of drug-likeness (QED) is 0.721. The average Bonchev–Trinajstić information content (AvgIpc) is 3.00. The molecule has 23 heavy (non-hydrogen) atoms.